The van der Waals surface area contributed by atoms with Gasteiger partial charge in [-0.2, -0.15) is 11.3 Å². The highest BCUT2D eigenvalue weighted by Gasteiger charge is 2.50. The molecule has 0 aliphatic carbocycles. The van der Waals surface area contributed by atoms with Crippen LogP contribution in [0.25, 0.3) is 37.8 Å². The average molecular weight is 1220 g/mol. The van der Waals surface area contributed by atoms with Crippen LogP contribution in [0.1, 0.15) is 314 Å². The molecule has 0 aromatic carbocycles. The third-order valence-electron chi connectivity index (χ3n) is 18.0. The fraction of sp³-hybridized carbons (Fsp3) is 0.667. The van der Waals surface area contributed by atoms with E-state index >= 15 is 9.59 Å². The Labute approximate surface area is 529 Å². The number of carbonyl (C=O) groups is 2. The SMILES string of the molecule is [C-]#[N+]/C(=C\c1ccc(-c2ccc(C3=C4C(=O)N(CC(CCCCCCCCCC)CCCCCCCCCCCC)C(c5ccc(C)s5)=C4C(=O)N3CC(CCCCCCCCCC)CCCCCCCCCCCC)s2)s1)c1ccc(C)s1. The van der Waals surface area contributed by atoms with E-state index in [4.69, 9.17) is 6.57 Å². The van der Waals surface area contributed by atoms with Crippen molar-refractivity contribution in [2.75, 3.05) is 13.1 Å². The lowest BCUT2D eigenvalue weighted by molar-refractivity contribution is -0.124. The molecule has 0 radical (unpaired) electrons. The lowest BCUT2D eigenvalue weighted by Crippen LogP contribution is -2.34. The molecular weight excluding hydrogens is 1100 g/mol. The van der Waals surface area contributed by atoms with Crippen molar-refractivity contribution in [2.24, 2.45) is 11.8 Å². The standard InChI is InChI=1S/C75H113N3O2S4/c1-8-12-16-20-24-28-30-34-38-42-45-61(44-40-36-32-26-22-18-14-10-3)57-77-72(68-52-49-60(6)82-68)70-71(75(77)80)73(69-55-54-67(84-69)66-53-50-63(83-66)56-64(76-7)65-51-48-59(5)81-65)78(74(70)79)58-62(46-41-37-33-27-23-19-15-11-4)47-43-39-35-31-29-25-21-17-13-9-2/h48-56,61-62H,8-47,57-58H2,1-6H3/b64-56-. The second kappa shape index (κ2) is 40.8. The average Bonchev–Trinajstić information content (AvgIpc) is 1.61. The van der Waals surface area contributed by atoms with Gasteiger partial charge in [0.05, 0.1) is 38.9 Å². The zero-order valence-corrected chi connectivity index (χ0v) is 57.1. The summed E-state index contributed by atoms with van der Waals surface area (Å²) in [6.45, 7) is 22.8. The molecule has 5 nitrogen and oxygen atoms in total. The highest BCUT2D eigenvalue weighted by molar-refractivity contribution is 7.23. The molecule has 84 heavy (non-hydrogen) atoms. The van der Waals surface area contributed by atoms with Crippen molar-refractivity contribution in [3.63, 3.8) is 0 Å². The van der Waals surface area contributed by atoms with Crippen molar-refractivity contribution in [2.45, 2.75) is 298 Å². The molecule has 2 aliphatic heterocycles. The molecule has 0 N–H and O–H groups in total. The summed E-state index contributed by atoms with van der Waals surface area (Å²) in [7, 11) is 0. The highest BCUT2D eigenvalue weighted by Crippen LogP contribution is 2.51. The second-order valence-corrected chi connectivity index (χ2v) is 30.1. The van der Waals surface area contributed by atoms with Gasteiger partial charge in [-0.25, -0.2) is 4.85 Å². The lowest BCUT2D eigenvalue weighted by Gasteiger charge is -2.29. The molecule has 0 saturated carbocycles. The van der Waals surface area contributed by atoms with Crippen LogP contribution in [0, 0.1) is 32.3 Å². The molecule has 464 valence electrons. The zero-order chi connectivity index (χ0) is 59.6. The quantitative estimate of drug-likeness (QED) is 0.0327. The molecule has 2 atom stereocenters. The van der Waals surface area contributed by atoms with Gasteiger partial charge in [0.15, 0.2) is 0 Å². The number of carbonyl (C=O) groups excluding carboxylic acids is 2. The van der Waals surface area contributed by atoms with Gasteiger partial charge in [-0.05, 0) is 99.9 Å². The predicted molar refractivity (Wildman–Crippen MR) is 372 cm³/mol. The van der Waals surface area contributed by atoms with E-state index in [1.54, 1.807) is 45.3 Å². The van der Waals surface area contributed by atoms with Gasteiger partial charge in [0.1, 0.15) is 0 Å². The topological polar surface area (TPSA) is 45.0 Å². The summed E-state index contributed by atoms with van der Waals surface area (Å²) in [6.07, 6.45) is 53.7. The molecule has 2 unspecified atom stereocenters. The van der Waals surface area contributed by atoms with Crippen molar-refractivity contribution in [1.29, 1.82) is 0 Å². The van der Waals surface area contributed by atoms with E-state index in [1.807, 2.05) is 6.08 Å². The second-order valence-electron chi connectivity index (χ2n) is 25.3. The van der Waals surface area contributed by atoms with E-state index in [2.05, 4.69) is 105 Å². The summed E-state index contributed by atoms with van der Waals surface area (Å²) in [4.78, 5) is 48.9. The van der Waals surface area contributed by atoms with Crippen LogP contribution in [-0.2, 0) is 9.59 Å². The first-order chi connectivity index (χ1) is 41.2. The first-order valence-corrected chi connectivity index (χ1v) is 38.0. The number of unbranched alkanes of at least 4 members (excludes halogenated alkanes) is 32. The van der Waals surface area contributed by atoms with Crippen LogP contribution in [0.5, 0.6) is 0 Å². The van der Waals surface area contributed by atoms with Crippen molar-refractivity contribution in [3.8, 4) is 9.75 Å². The Morgan fingerprint density at radius 2 is 0.726 bits per heavy atom. The molecule has 6 heterocycles. The fourth-order valence-electron chi connectivity index (χ4n) is 13.0. The number of nitrogens with zero attached hydrogens (tertiary/aromatic N) is 3. The normalized spacial score (nSPS) is 14.5. The maximum Gasteiger partial charge on any atom is 0.261 e. The Morgan fingerprint density at radius 3 is 1.08 bits per heavy atom. The van der Waals surface area contributed by atoms with Crippen LogP contribution >= 0.6 is 45.3 Å². The van der Waals surface area contributed by atoms with Gasteiger partial charge in [-0.3, -0.25) is 9.59 Å². The summed E-state index contributed by atoms with van der Waals surface area (Å²) >= 11 is 6.83. The minimum Gasteiger partial charge on any atom is -0.306 e. The molecular formula is C75H113N3O2S4. The lowest BCUT2D eigenvalue weighted by atomic mass is 9.93. The molecule has 2 amide bonds. The number of thiophene rings is 4. The molecule has 2 aliphatic rings. The van der Waals surface area contributed by atoms with Gasteiger partial charge in [0.2, 0.25) is 5.70 Å². The first kappa shape index (κ1) is 69.5. The molecule has 4 aromatic heterocycles. The van der Waals surface area contributed by atoms with Gasteiger partial charge in [0.25, 0.3) is 11.8 Å². The number of hydrogen-bond donors (Lipinski definition) is 0. The minimum absolute atomic E-state index is 0.0317. The van der Waals surface area contributed by atoms with Gasteiger partial charge < -0.3 is 9.80 Å². The zero-order valence-electron chi connectivity index (χ0n) is 53.8. The van der Waals surface area contributed by atoms with Crippen LogP contribution in [-0.4, -0.2) is 34.7 Å². The van der Waals surface area contributed by atoms with E-state index in [0.29, 0.717) is 41.8 Å². The van der Waals surface area contributed by atoms with Crippen LogP contribution < -0.4 is 0 Å². The van der Waals surface area contributed by atoms with Crippen LogP contribution in [0.4, 0.5) is 0 Å². The van der Waals surface area contributed by atoms with Gasteiger partial charge in [-0.1, -0.05) is 265 Å². The summed E-state index contributed by atoms with van der Waals surface area (Å²) in [5.41, 5.74) is 3.69. The van der Waals surface area contributed by atoms with E-state index in [-0.39, 0.29) is 11.8 Å². The molecule has 0 fully saturated rings. The summed E-state index contributed by atoms with van der Waals surface area (Å²) in [5, 5.41) is 0. The largest absolute Gasteiger partial charge is 0.306 e. The maximum absolute atomic E-state index is 16.0. The van der Waals surface area contributed by atoms with E-state index < -0.39 is 0 Å². The molecule has 0 spiro atoms. The van der Waals surface area contributed by atoms with Gasteiger partial charge >= 0.3 is 0 Å². The third kappa shape index (κ3) is 23.2. The third-order valence-corrected chi connectivity index (χ3v) is 22.4. The molecule has 6 rings (SSSR count). The van der Waals surface area contributed by atoms with Crippen LogP contribution in [0.15, 0.2) is 59.7 Å². The van der Waals surface area contributed by atoms with Crippen molar-refractivity contribution in [3.05, 3.63) is 100 Å². The number of rotatable bonds is 49. The van der Waals surface area contributed by atoms with Crippen molar-refractivity contribution >= 4 is 80.3 Å². The number of hydrogen-bond acceptors (Lipinski definition) is 6. The number of aryl methyl sites for hydroxylation is 2. The molecule has 0 bridgehead atoms. The highest BCUT2D eigenvalue weighted by atomic mass is 32.1. The smallest absolute Gasteiger partial charge is 0.261 e. The first-order valence-electron chi connectivity index (χ1n) is 34.8. The van der Waals surface area contributed by atoms with Gasteiger partial charge in [-0.15, -0.1) is 34.0 Å². The number of amides is 2. The van der Waals surface area contributed by atoms with E-state index in [1.165, 1.54) is 241 Å². The summed E-state index contributed by atoms with van der Waals surface area (Å²) in [5.74, 6) is 0.811. The van der Waals surface area contributed by atoms with E-state index in [9.17, 15) is 0 Å². The molecule has 4 aromatic rings. The summed E-state index contributed by atoms with van der Waals surface area (Å²) < 4.78 is 0. The fourth-order valence-corrected chi connectivity index (χ4v) is 16.8. The maximum atomic E-state index is 16.0. The Morgan fingerprint density at radius 1 is 0.405 bits per heavy atom. The molecule has 9 heteroatoms. The Kier molecular flexibility index (Phi) is 33.8. The Balaban J connectivity index is 1.32. The van der Waals surface area contributed by atoms with Crippen molar-refractivity contribution < 1.29 is 9.59 Å². The monoisotopic (exact) mass is 1220 g/mol. The van der Waals surface area contributed by atoms with Crippen molar-refractivity contribution in [1.82, 2.24) is 9.80 Å². The Hall–Kier alpha value is -3.55. The summed E-state index contributed by atoms with van der Waals surface area (Å²) in [6, 6.07) is 17.3. The van der Waals surface area contributed by atoms with Crippen LogP contribution in [0.2, 0.25) is 0 Å². The van der Waals surface area contributed by atoms with Gasteiger partial charge in [0, 0.05) is 42.4 Å². The van der Waals surface area contributed by atoms with Crippen LogP contribution in [0.3, 0.4) is 0 Å². The van der Waals surface area contributed by atoms with E-state index in [0.717, 1.165) is 66.3 Å². The minimum atomic E-state index is 0.0317. The Bertz CT molecular complexity index is 2630. The number of fused-ring (bicyclic) bond motifs is 1. The molecule has 0 saturated heterocycles. The predicted octanol–water partition coefficient (Wildman–Crippen LogP) is 25.4.